The Morgan fingerprint density at radius 2 is 1.89 bits per heavy atom. The lowest BCUT2D eigenvalue weighted by atomic mass is 9.98. The van der Waals surface area contributed by atoms with E-state index in [0.29, 0.717) is 38.7 Å². The van der Waals surface area contributed by atoms with Gasteiger partial charge in [0.1, 0.15) is 0 Å². The second-order valence-electron chi connectivity index (χ2n) is 5.45. The molecule has 1 N–H and O–H groups in total. The molecule has 0 aromatic heterocycles. The third-order valence-corrected chi connectivity index (χ3v) is 5.92. The normalized spacial score (nSPS) is 28.6. The fourth-order valence-corrected chi connectivity index (χ4v) is 4.49. The summed E-state index contributed by atoms with van der Waals surface area (Å²) in [4.78, 5) is 0. The van der Waals surface area contributed by atoms with E-state index in [0.717, 1.165) is 19.4 Å². The second-order valence-corrected chi connectivity index (χ2v) is 7.38. The van der Waals surface area contributed by atoms with E-state index in [1.807, 2.05) is 14.0 Å². The predicted molar refractivity (Wildman–Crippen MR) is 74.1 cm³/mol. The molecule has 19 heavy (non-hydrogen) atoms. The summed E-state index contributed by atoms with van der Waals surface area (Å²) in [5.41, 5.74) is 0. The van der Waals surface area contributed by atoms with Crippen LogP contribution in [-0.2, 0) is 14.9 Å². The Balaban J connectivity index is 1.93. The molecule has 0 bridgehead atoms. The van der Waals surface area contributed by atoms with E-state index in [2.05, 4.69) is 5.32 Å². The van der Waals surface area contributed by atoms with Crippen LogP contribution in [-0.4, -0.2) is 69.5 Å². The van der Waals surface area contributed by atoms with Gasteiger partial charge in [-0.05, 0) is 39.3 Å². The van der Waals surface area contributed by atoms with E-state index in [4.69, 9.17) is 4.74 Å². The lowest BCUT2D eigenvalue weighted by Gasteiger charge is -2.37. The third-order valence-electron chi connectivity index (χ3n) is 3.92. The summed E-state index contributed by atoms with van der Waals surface area (Å²) < 4.78 is 33.7. The maximum Gasteiger partial charge on any atom is 0.282 e. The first-order chi connectivity index (χ1) is 9.04. The topological polar surface area (TPSA) is 61.9 Å². The summed E-state index contributed by atoms with van der Waals surface area (Å²) >= 11 is 0. The lowest BCUT2D eigenvalue weighted by Crippen LogP contribution is -2.52. The highest BCUT2D eigenvalue weighted by atomic mass is 32.2. The van der Waals surface area contributed by atoms with Crippen molar-refractivity contribution in [2.24, 2.45) is 5.92 Å². The van der Waals surface area contributed by atoms with E-state index >= 15 is 0 Å². The van der Waals surface area contributed by atoms with Gasteiger partial charge in [0, 0.05) is 26.2 Å². The van der Waals surface area contributed by atoms with Crippen LogP contribution in [0.5, 0.6) is 0 Å². The van der Waals surface area contributed by atoms with Crippen molar-refractivity contribution < 1.29 is 13.2 Å². The molecule has 0 aliphatic carbocycles. The molecule has 0 saturated carbocycles. The number of hydrogen-bond donors (Lipinski definition) is 1. The minimum absolute atomic E-state index is 0.00893. The van der Waals surface area contributed by atoms with Crippen LogP contribution in [0.15, 0.2) is 0 Å². The van der Waals surface area contributed by atoms with Gasteiger partial charge in [-0.3, -0.25) is 0 Å². The maximum atomic E-state index is 12.5. The van der Waals surface area contributed by atoms with Gasteiger partial charge in [0.2, 0.25) is 0 Å². The van der Waals surface area contributed by atoms with Gasteiger partial charge >= 0.3 is 0 Å². The van der Waals surface area contributed by atoms with Crippen molar-refractivity contribution in [1.82, 2.24) is 13.9 Å². The van der Waals surface area contributed by atoms with Gasteiger partial charge in [0.15, 0.2) is 0 Å². The first-order valence-corrected chi connectivity index (χ1v) is 8.45. The molecule has 0 aromatic rings. The lowest BCUT2D eigenvalue weighted by molar-refractivity contribution is 0.00789. The Morgan fingerprint density at radius 3 is 2.47 bits per heavy atom. The summed E-state index contributed by atoms with van der Waals surface area (Å²) in [6.45, 7) is 5.61. The summed E-state index contributed by atoms with van der Waals surface area (Å²) in [6, 6.07) is 0. The van der Waals surface area contributed by atoms with Crippen LogP contribution in [0.4, 0.5) is 0 Å². The zero-order valence-corrected chi connectivity index (χ0v) is 12.7. The molecule has 0 aromatic carbocycles. The molecule has 0 radical (unpaired) electrons. The van der Waals surface area contributed by atoms with Crippen molar-refractivity contribution >= 4 is 10.2 Å². The van der Waals surface area contributed by atoms with Crippen LogP contribution >= 0.6 is 0 Å². The Bertz CT molecular complexity index is 380. The minimum atomic E-state index is -3.29. The third kappa shape index (κ3) is 3.66. The van der Waals surface area contributed by atoms with E-state index in [9.17, 15) is 8.42 Å². The van der Waals surface area contributed by atoms with E-state index < -0.39 is 10.2 Å². The van der Waals surface area contributed by atoms with Crippen molar-refractivity contribution in [1.29, 1.82) is 0 Å². The fourth-order valence-electron chi connectivity index (χ4n) is 2.79. The largest absolute Gasteiger partial charge is 0.376 e. The molecular weight excluding hydrogens is 266 g/mol. The zero-order valence-electron chi connectivity index (χ0n) is 11.8. The van der Waals surface area contributed by atoms with Gasteiger partial charge in [-0.2, -0.15) is 17.0 Å². The Kier molecular flexibility index (Phi) is 5.19. The van der Waals surface area contributed by atoms with Crippen LogP contribution in [0.25, 0.3) is 0 Å². The van der Waals surface area contributed by atoms with Crippen molar-refractivity contribution in [3.05, 3.63) is 0 Å². The Labute approximate surface area is 116 Å². The monoisotopic (exact) mass is 291 g/mol. The number of nitrogens with one attached hydrogen (secondary N) is 1. The molecule has 2 fully saturated rings. The van der Waals surface area contributed by atoms with Gasteiger partial charge in [0.25, 0.3) is 10.2 Å². The Morgan fingerprint density at radius 1 is 1.21 bits per heavy atom. The van der Waals surface area contributed by atoms with Crippen LogP contribution in [0.1, 0.15) is 19.8 Å². The molecule has 1 atom stereocenters. The highest BCUT2D eigenvalue weighted by Crippen LogP contribution is 2.22. The molecule has 2 heterocycles. The van der Waals surface area contributed by atoms with Crippen LogP contribution < -0.4 is 5.32 Å². The molecule has 7 heteroatoms. The molecular formula is C12H25N3O3S. The molecule has 6 nitrogen and oxygen atoms in total. The van der Waals surface area contributed by atoms with E-state index in [-0.39, 0.29) is 6.10 Å². The smallest absolute Gasteiger partial charge is 0.282 e. The standard InChI is InChI=1S/C12H25N3O3S/c1-11-10-15(7-8-18-11)19(16,17)14-5-3-12(4-6-14)9-13-2/h11-13H,3-10H2,1-2H3. The average molecular weight is 291 g/mol. The first-order valence-electron chi connectivity index (χ1n) is 7.05. The van der Waals surface area contributed by atoms with Crippen molar-refractivity contribution in [3.63, 3.8) is 0 Å². The summed E-state index contributed by atoms with van der Waals surface area (Å²) in [7, 11) is -1.35. The van der Waals surface area contributed by atoms with Gasteiger partial charge in [-0.1, -0.05) is 0 Å². The van der Waals surface area contributed by atoms with Gasteiger partial charge in [-0.15, -0.1) is 0 Å². The van der Waals surface area contributed by atoms with Gasteiger partial charge in [-0.25, -0.2) is 0 Å². The van der Waals surface area contributed by atoms with Crippen LogP contribution in [0.2, 0.25) is 0 Å². The van der Waals surface area contributed by atoms with Crippen molar-refractivity contribution in [2.45, 2.75) is 25.9 Å². The molecule has 2 saturated heterocycles. The molecule has 0 amide bonds. The fraction of sp³-hybridized carbons (Fsp3) is 1.00. The number of piperidine rings is 1. The van der Waals surface area contributed by atoms with E-state index in [1.165, 1.54) is 0 Å². The number of rotatable bonds is 4. The maximum absolute atomic E-state index is 12.5. The highest BCUT2D eigenvalue weighted by molar-refractivity contribution is 7.86. The molecule has 2 aliphatic heterocycles. The summed E-state index contributed by atoms with van der Waals surface area (Å²) in [5.74, 6) is 0.597. The number of hydrogen-bond acceptors (Lipinski definition) is 4. The molecule has 1 unspecified atom stereocenters. The quantitative estimate of drug-likeness (QED) is 0.785. The van der Waals surface area contributed by atoms with E-state index in [1.54, 1.807) is 8.61 Å². The molecule has 2 rings (SSSR count). The molecule has 2 aliphatic rings. The number of ether oxygens (including phenoxy) is 1. The summed E-state index contributed by atoms with van der Waals surface area (Å²) in [6.07, 6.45) is 1.88. The van der Waals surface area contributed by atoms with Crippen LogP contribution in [0, 0.1) is 5.92 Å². The summed E-state index contributed by atoms with van der Waals surface area (Å²) in [5, 5.41) is 3.17. The molecule has 0 spiro atoms. The number of morpholine rings is 1. The number of nitrogens with zero attached hydrogens (tertiary/aromatic N) is 2. The average Bonchev–Trinajstić information content (AvgIpc) is 2.40. The van der Waals surface area contributed by atoms with Crippen LogP contribution in [0.3, 0.4) is 0 Å². The highest BCUT2D eigenvalue weighted by Gasteiger charge is 2.34. The molecule has 112 valence electrons. The first kappa shape index (κ1) is 15.2. The minimum Gasteiger partial charge on any atom is -0.376 e. The van der Waals surface area contributed by atoms with Gasteiger partial charge < -0.3 is 10.1 Å². The van der Waals surface area contributed by atoms with Crippen molar-refractivity contribution in [3.8, 4) is 0 Å². The van der Waals surface area contributed by atoms with Crippen molar-refractivity contribution in [2.75, 3.05) is 46.4 Å². The Hall–Kier alpha value is -0.210. The zero-order chi connectivity index (χ0) is 13.9. The SMILES string of the molecule is CNCC1CCN(S(=O)(=O)N2CCOC(C)C2)CC1. The predicted octanol–water partition coefficient (Wildman–Crippen LogP) is -0.117. The second kappa shape index (κ2) is 6.49. The van der Waals surface area contributed by atoms with Gasteiger partial charge in [0.05, 0.1) is 12.7 Å².